The first kappa shape index (κ1) is 22.9. The largest absolute Gasteiger partial charge is 0.381 e. The number of nitrogens with two attached hydrogens (primary N) is 1. The van der Waals surface area contributed by atoms with Crippen molar-refractivity contribution in [1.29, 1.82) is 0 Å². The summed E-state index contributed by atoms with van der Waals surface area (Å²) in [6.07, 6.45) is 5.56. The fourth-order valence-electron chi connectivity index (χ4n) is 4.25. The number of carbonyl (C=O) groups excluding carboxylic acids is 1. The molecule has 10 heteroatoms. The molecule has 0 aliphatic carbocycles. The summed E-state index contributed by atoms with van der Waals surface area (Å²) in [5.74, 6) is -0.452. The Morgan fingerprint density at radius 2 is 2.06 bits per heavy atom. The topological polar surface area (TPSA) is 102 Å². The van der Waals surface area contributed by atoms with Crippen molar-refractivity contribution in [3.05, 3.63) is 82.0 Å². The van der Waals surface area contributed by atoms with Gasteiger partial charge in [0.2, 0.25) is 0 Å². The number of rotatable bonds is 4. The summed E-state index contributed by atoms with van der Waals surface area (Å²) >= 11 is 6.01. The van der Waals surface area contributed by atoms with Crippen LogP contribution in [0.2, 0.25) is 5.02 Å². The fourth-order valence-corrected chi connectivity index (χ4v) is 4.46. The number of likely N-dealkylation sites (N-methyl/N-ethyl adjacent to an activating group) is 1. The van der Waals surface area contributed by atoms with Crippen LogP contribution < -0.4 is 11.1 Å². The number of aryl methyl sites for hydroxylation is 1. The van der Waals surface area contributed by atoms with Gasteiger partial charge in [0, 0.05) is 24.8 Å². The van der Waals surface area contributed by atoms with Crippen LogP contribution in [0.1, 0.15) is 27.0 Å². The summed E-state index contributed by atoms with van der Waals surface area (Å²) in [5, 5.41) is 7.00. The summed E-state index contributed by atoms with van der Waals surface area (Å²) in [5.41, 5.74) is 12.2. The highest BCUT2D eigenvalue weighted by Crippen LogP contribution is 2.29. The van der Waals surface area contributed by atoms with Crippen LogP contribution in [-0.2, 0) is 13.0 Å². The highest BCUT2D eigenvalue weighted by molar-refractivity contribution is 6.33. The second kappa shape index (κ2) is 9.09. The highest BCUT2D eigenvalue weighted by atomic mass is 35.5. The fraction of sp³-hybridized carbons (Fsp3) is 0.200. The quantitative estimate of drug-likeness (QED) is 0.442. The van der Waals surface area contributed by atoms with E-state index in [-0.39, 0.29) is 16.4 Å². The lowest BCUT2D eigenvalue weighted by Crippen LogP contribution is -2.27. The van der Waals surface area contributed by atoms with E-state index >= 15 is 0 Å². The van der Waals surface area contributed by atoms with Crippen molar-refractivity contribution in [3.63, 3.8) is 0 Å². The smallest absolute Gasteiger partial charge is 0.258 e. The standard InChI is InChI=1S/C25H23ClFN7O/c1-14-7-15(8-16-12-33(2)6-5-19(14)16)22-11-29-23(28)24(31-22)34-13-17(10-30-34)25(35)32-21-4-3-18(27)9-20(21)26/h3-4,7-11,13H,5-6,12H2,1-2H3,(H2,28,29)(H,32,35). The Morgan fingerprint density at radius 3 is 2.86 bits per heavy atom. The number of hydrogen-bond donors (Lipinski definition) is 2. The molecule has 2 aromatic carbocycles. The summed E-state index contributed by atoms with van der Waals surface area (Å²) in [4.78, 5) is 24.0. The predicted octanol–water partition coefficient (Wildman–Crippen LogP) is 4.25. The van der Waals surface area contributed by atoms with Crippen LogP contribution in [0.5, 0.6) is 0 Å². The lowest BCUT2D eigenvalue weighted by Gasteiger charge is -2.27. The third-order valence-corrected chi connectivity index (χ3v) is 6.38. The maximum Gasteiger partial charge on any atom is 0.258 e. The molecule has 0 saturated heterocycles. The van der Waals surface area contributed by atoms with Crippen LogP contribution in [0.3, 0.4) is 0 Å². The number of hydrogen-bond acceptors (Lipinski definition) is 6. The zero-order valence-corrected chi connectivity index (χ0v) is 20.0. The number of nitrogens with one attached hydrogen (secondary N) is 1. The molecule has 1 aliphatic heterocycles. The number of anilines is 2. The lowest BCUT2D eigenvalue weighted by atomic mass is 9.92. The van der Waals surface area contributed by atoms with Crippen molar-refractivity contribution in [2.45, 2.75) is 19.9 Å². The average molecular weight is 492 g/mol. The molecular weight excluding hydrogens is 469 g/mol. The van der Waals surface area contributed by atoms with E-state index in [1.165, 1.54) is 45.9 Å². The molecule has 0 atom stereocenters. The normalized spacial score (nSPS) is 13.5. The van der Waals surface area contributed by atoms with Gasteiger partial charge in [0.1, 0.15) is 5.82 Å². The van der Waals surface area contributed by atoms with Gasteiger partial charge < -0.3 is 16.0 Å². The molecule has 35 heavy (non-hydrogen) atoms. The molecule has 1 amide bonds. The third kappa shape index (κ3) is 4.60. The molecule has 1 aliphatic rings. The minimum Gasteiger partial charge on any atom is -0.381 e. The van der Waals surface area contributed by atoms with E-state index in [9.17, 15) is 9.18 Å². The monoisotopic (exact) mass is 491 g/mol. The minimum absolute atomic E-state index is 0.0973. The van der Waals surface area contributed by atoms with Gasteiger partial charge in [0.05, 0.1) is 34.4 Å². The van der Waals surface area contributed by atoms with Crippen molar-refractivity contribution >= 4 is 29.0 Å². The molecule has 0 bridgehead atoms. The maximum atomic E-state index is 13.3. The zero-order chi connectivity index (χ0) is 24.7. The van der Waals surface area contributed by atoms with E-state index in [0.29, 0.717) is 17.2 Å². The molecule has 0 fully saturated rings. The number of aromatic nitrogens is 4. The Hall–Kier alpha value is -3.82. The average Bonchev–Trinajstić information content (AvgIpc) is 3.31. The molecule has 0 radical (unpaired) electrons. The van der Waals surface area contributed by atoms with Gasteiger partial charge in [-0.2, -0.15) is 5.10 Å². The van der Waals surface area contributed by atoms with Gasteiger partial charge in [0.15, 0.2) is 11.6 Å². The van der Waals surface area contributed by atoms with E-state index in [4.69, 9.17) is 22.3 Å². The zero-order valence-electron chi connectivity index (χ0n) is 19.2. The van der Waals surface area contributed by atoms with Gasteiger partial charge in [-0.3, -0.25) is 4.79 Å². The first-order valence-electron chi connectivity index (χ1n) is 11.0. The molecule has 0 unspecified atom stereocenters. The number of nitrogen functional groups attached to an aromatic ring is 1. The van der Waals surface area contributed by atoms with Crippen molar-refractivity contribution < 1.29 is 9.18 Å². The Bertz CT molecular complexity index is 1450. The van der Waals surface area contributed by atoms with E-state index in [2.05, 4.69) is 46.4 Å². The second-order valence-electron chi connectivity index (χ2n) is 8.63. The number of amides is 1. The van der Waals surface area contributed by atoms with Crippen LogP contribution in [0.25, 0.3) is 17.1 Å². The van der Waals surface area contributed by atoms with E-state index in [1.54, 1.807) is 6.20 Å². The van der Waals surface area contributed by atoms with Crippen LogP contribution >= 0.6 is 11.6 Å². The van der Waals surface area contributed by atoms with Crippen LogP contribution in [0, 0.1) is 12.7 Å². The summed E-state index contributed by atoms with van der Waals surface area (Å²) in [6.45, 7) is 4.04. The summed E-state index contributed by atoms with van der Waals surface area (Å²) in [6, 6.07) is 8.00. The molecule has 3 heterocycles. The van der Waals surface area contributed by atoms with Crippen molar-refractivity contribution in [2.24, 2.45) is 0 Å². The second-order valence-corrected chi connectivity index (χ2v) is 9.04. The molecular formula is C25H23ClFN7O. The van der Waals surface area contributed by atoms with Crippen LogP contribution in [-0.4, -0.2) is 44.1 Å². The lowest BCUT2D eigenvalue weighted by molar-refractivity contribution is 0.102. The molecule has 0 saturated carbocycles. The van der Waals surface area contributed by atoms with Crippen LogP contribution in [0.15, 0.2) is 48.9 Å². The van der Waals surface area contributed by atoms with E-state index in [1.807, 2.05) is 0 Å². The van der Waals surface area contributed by atoms with Gasteiger partial charge in [-0.05, 0) is 67.4 Å². The van der Waals surface area contributed by atoms with Crippen molar-refractivity contribution in [2.75, 3.05) is 24.6 Å². The molecule has 3 N–H and O–H groups in total. The number of fused-ring (bicyclic) bond motifs is 1. The Kier molecular flexibility index (Phi) is 5.96. The van der Waals surface area contributed by atoms with Gasteiger partial charge in [-0.1, -0.05) is 11.6 Å². The molecule has 5 rings (SSSR count). The molecule has 178 valence electrons. The third-order valence-electron chi connectivity index (χ3n) is 6.07. The number of halogens is 2. The Labute approximate surface area is 206 Å². The Balaban J connectivity index is 1.44. The van der Waals surface area contributed by atoms with E-state index in [0.717, 1.165) is 31.1 Å². The number of benzene rings is 2. The molecule has 0 spiro atoms. The predicted molar refractivity (Wildman–Crippen MR) is 133 cm³/mol. The molecule has 2 aromatic heterocycles. The number of nitrogens with zero attached hydrogens (tertiary/aromatic N) is 5. The molecule has 4 aromatic rings. The highest BCUT2D eigenvalue weighted by Gasteiger charge is 2.19. The summed E-state index contributed by atoms with van der Waals surface area (Å²) < 4.78 is 14.7. The van der Waals surface area contributed by atoms with Gasteiger partial charge in [0.25, 0.3) is 5.91 Å². The Morgan fingerprint density at radius 1 is 1.23 bits per heavy atom. The van der Waals surface area contributed by atoms with Gasteiger partial charge in [-0.15, -0.1) is 0 Å². The first-order valence-corrected chi connectivity index (χ1v) is 11.4. The maximum absolute atomic E-state index is 13.3. The van der Waals surface area contributed by atoms with E-state index < -0.39 is 11.7 Å². The number of carbonyl (C=O) groups is 1. The van der Waals surface area contributed by atoms with Gasteiger partial charge in [-0.25, -0.2) is 19.0 Å². The SMILES string of the molecule is Cc1cc(-c2cnc(N)c(-n3cc(C(=O)Nc4ccc(F)cc4Cl)cn3)n2)cc2c1CCN(C)C2. The van der Waals surface area contributed by atoms with Crippen molar-refractivity contribution in [3.8, 4) is 17.1 Å². The van der Waals surface area contributed by atoms with Crippen LogP contribution in [0.4, 0.5) is 15.9 Å². The summed E-state index contributed by atoms with van der Waals surface area (Å²) in [7, 11) is 2.11. The first-order chi connectivity index (χ1) is 16.8. The molecule has 8 nitrogen and oxygen atoms in total. The van der Waals surface area contributed by atoms with Gasteiger partial charge >= 0.3 is 0 Å². The van der Waals surface area contributed by atoms with Crippen molar-refractivity contribution in [1.82, 2.24) is 24.6 Å². The minimum atomic E-state index is -0.490.